The van der Waals surface area contributed by atoms with Crippen LogP contribution in [0.5, 0.6) is 0 Å². The van der Waals surface area contributed by atoms with E-state index in [4.69, 9.17) is 4.74 Å². The third kappa shape index (κ3) is 3.90. The standard InChI is InChI=1S/C21H24N4O2/c1-2-9-27-14-21-22-11-17(12-23-21)16-7-8-25-20(10-16)19(13-24-25)15-3-5-18(26)6-4-15/h7-8,10-13,15H,2-6,9,14H2,1H3. The minimum Gasteiger partial charge on any atom is -0.373 e. The molecule has 0 aliphatic heterocycles. The minimum atomic E-state index is 0.378. The van der Waals surface area contributed by atoms with Crippen LogP contribution in [0.25, 0.3) is 16.6 Å². The maximum atomic E-state index is 11.5. The maximum absolute atomic E-state index is 11.5. The Morgan fingerprint density at radius 3 is 2.67 bits per heavy atom. The predicted molar refractivity (Wildman–Crippen MR) is 102 cm³/mol. The highest BCUT2D eigenvalue weighted by molar-refractivity contribution is 5.79. The van der Waals surface area contributed by atoms with Crippen molar-refractivity contribution in [2.45, 2.75) is 51.6 Å². The second-order valence-electron chi connectivity index (χ2n) is 7.10. The van der Waals surface area contributed by atoms with Crippen molar-refractivity contribution in [1.29, 1.82) is 0 Å². The zero-order valence-corrected chi connectivity index (χ0v) is 15.6. The molecule has 0 saturated heterocycles. The summed E-state index contributed by atoms with van der Waals surface area (Å²) >= 11 is 0. The van der Waals surface area contributed by atoms with E-state index in [1.807, 2.05) is 35.4 Å². The lowest BCUT2D eigenvalue weighted by Gasteiger charge is -2.20. The molecule has 1 aliphatic rings. The highest BCUT2D eigenvalue weighted by atomic mass is 16.5. The van der Waals surface area contributed by atoms with Gasteiger partial charge < -0.3 is 4.74 Å². The molecule has 0 atom stereocenters. The van der Waals surface area contributed by atoms with Gasteiger partial charge in [-0.1, -0.05) is 6.92 Å². The Balaban J connectivity index is 1.57. The molecule has 0 bridgehead atoms. The molecule has 0 N–H and O–H groups in total. The molecular formula is C21H24N4O2. The van der Waals surface area contributed by atoms with E-state index in [-0.39, 0.29) is 0 Å². The first kappa shape index (κ1) is 17.8. The third-order valence-corrected chi connectivity index (χ3v) is 5.15. The van der Waals surface area contributed by atoms with Crippen LogP contribution in [-0.2, 0) is 16.1 Å². The van der Waals surface area contributed by atoms with Crippen molar-refractivity contribution in [3.05, 3.63) is 48.3 Å². The molecule has 140 valence electrons. The number of rotatable bonds is 6. The van der Waals surface area contributed by atoms with E-state index >= 15 is 0 Å². The van der Waals surface area contributed by atoms with E-state index in [1.165, 1.54) is 5.56 Å². The van der Waals surface area contributed by atoms with E-state index in [0.717, 1.165) is 42.5 Å². The summed E-state index contributed by atoms with van der Waals surface area (Å²) in [6.07, 6.45) is 11.8. The lowest BCUT2D eigenvalue weighted by molar-refractivity contribution is -0.120. The number of carbonyl (C=O) groups is 1. The lowest BCUT2D eigenvalue weighted by Crippen LogP contribution is -2.12. The minimum absolute atomic E-state index is 0.378. The molecule has 3 aromatic rings. The average Bonchev–Trinajstić information content (AvgIpc) is 3.12. The fourth-order valence-electron chi connectivity index (χ4n) is 3.63. The molecule has 27 heavy (non-hydrogen) atoms. The average molecular weight is 364 g/mol. The summed E-state index contributed by atoms with van der Waals surface area (Å²) in [6, 6.07) is 4.17. The van der Waals surface area contributed by atoms with Crippen LogP contribution in [0, 0.1) is 0 Å². The number of ketones is 1. The van der Waals surface area contributed by atoms with Gasteiger partial charge in [0.2, 0.25) is 0 Å². The number of fused-ring (bicyclic) bond motifs is 1. The number of Topliss-reactive ketones (excluding diaryl/α,β-unsaturated/α-hetero) is 1. The van der Waals surface area contributed by atoms with E-state index < -0.39 is 0 Å². The Kier molecular flexibility index (Phi) is 5.25. The quantitative estimate of drug-likeness (QED) is 0.620. The van der Waals surface area contributed by atoms with Gasteiger partial charge in [0.1, 0.15) is 12.4 Å². The van der Waals surface area contributed by atoms with Crippen molar-refractivity contribution in [3.63, 3.8) is 0 Å². The summed E-state index contributed by atoms with van der Waals surface area (Å²) in [5, 5.41) is 4.49. The SMILES string of the molecule is CCCOCc1ncc(-c2ccn3ncc(C4CCC(=O)CC4)c3c2)cn1. The monoisotopic (exact) mass is 364 g/mol. The van der Waals surface area contributed by atoms with Crippen LogP contribution >= 0.6 is 0 Å². The summed E-state index contributed by atoms with van der Waals surface area (Å²) in [5.74, 6) is 1.48. The van der Waals surface area contributed by atoms with E-state index in [0.29, 0.717) is 37.0 Å². The van der Waals surface area contributed by atoms with Crippen molar-refractivity contribution in [2.75, 3.05) is 6.61 Å². The van der Waals surface area contributed by atoms with Crippen LogP contribution in [0.2, 0.25) is 0 Å². The Labute approximate surface area is 158 Å². The van der Waals surface area contributed by atoms with Crippen LogP contribution in [0.3, 0.4) is 0 Å². The van der Waals surface area contributed by atoms with Gasteiger partial charge in [0.25, 0.3) is 0 Å². The summed E-state index contributed by atoms with van der Waals surface area (Å²) in [6.45, 7) is 3.24. The van der Waals surface area contributed by atoms with Gasteiger partial charge in [0.15, 0.2) is 5.82 Å². The van der Waals surface area contributed by atoms with Gasteiger partial charge in [0.05, 0.1) is 11.7 Å². The third-order valence-electron chi connectivity index (χ3n) is 5.15. The Morgan fingerprint density at radius 2 is 1.93 bits per heavy atom. The highest BCUT2D eigenvalue weighted by Crippen LogP contribution is 2.34. The number of carbonyl (C=O) groups excluding carboxylic acids is 1. The highest BCUT2D eigenvalue weighted by Gasteiger charge is 2.23. The normalized spacial score (nSPS) is 15.5. The van der Waals surface area contributed by atoms with Gasteiger partial charge in [-0.15, -0.1) is 0 Å². The summed E-state index contributed by atoms with van der Waals surface area (Å²) < 4.78 is 7.40. The maximum Gasteiger partial charge on any atom is 0.153 e. The van der Waals surface area contributed by atoms with Crippen LogP contribution in [0.1, 0.15) is 56.3 Å². The largest absolute Gasteiger partial charge is 0.373 e. The predicted octanol–water partition coefficient (Wildman–Crippen LogP) is 3.94. The number of ether oxygens (including phenoxy) is 1. The molecule has 4 rings (SSSR count). The van der Waals surface area contributed by atoms with Gasteiger partial charge in [0, 0.05) is 49.2 Å². The van der Waals surface area contributed by atoms with Gasteiger partial charge in [-0.2, -0.15) is 5.10 Å². The smallest absolute Gasteiger partial charge is 0.153 e. The Hall–Kier alpha value is -2.60. The van der Waals surface area contributed by atoms with Gasteiger partial charge in [-0.25, -0.2) is 14.5 Å². The molecule has 3 heterocycles. The van der Waals surface area contributed by atoms with Crippen LogP contribution in [0.15, 0.2) is 36.9 Å². The second kappa shape index (κ2) is 7.96. The molecule has 3 aromatic heterocycles. The molecule has 0 radical (unpaired) electrons. The molecule has 0 spiro atoms. The van der Waals surface area contributed by atoms with Crippen molar-refractivity contribution in [3.8, 4) is 11.1 Å². The van der Waals surface area contributed by atoms with Crippen molar-refractivity contribution in [2.24, 2.45) is 0 Å². The van der Waals surface area contributed by atoms with Crippen molar-refractivity contribution >= 4 is 11.3 Å². The lowest BCUT2D eigenvalue weighted by atomic mass is 9.84. The zero-order valence-electron chi connectivity index (χ0n) is 15.6. The number of aromatic nitrogens is 4. The Morgan fingerprint density at radius 1 is 1.15 bits per heavy atom. The number of hydrogen-bond donors (Lipinski definition) is 0. The van der Waals surface area contributed by atoms with Crippen molar-refractivity contribution in [1.82, 2.24) is 19.6 Å². The number of pyridine rings is 1. The van der Waals surface area contributed by atoms with Gasteiger partial charge >= 0.3 is 0 Å². The summed E-state index contributed by atoms with van der Waals surface area (Å²) in [7, 11) is 0. The van der Waals surface area contributed by atoms with E-state index in [1.54, 1.807) is 0 Å². The van der Waals surface area contributed by atoms with E-state index in [9.17, 15) is 4.79 Å². The van der Waals surface area contributed by atoms with Gasteiger partial charge in [-0.3, -0.25) is 4.79 Å². The van der Waals surface area contributed by atoms with Crippen LogP contribution in [0.4, 0.5) is 0 Å². The van der Waals surface area contributed by atoms with Gasteiger partial charge in [-0.05, 0) is 42.9 Å². The molecule has 1 saturated carbocycles. The van der Waals surface area contributed by atoms with Crippen LogP contribution < -0.4 is 0 Å². The van der Waals surface area contributed by atoms with Crippen molar-refractivity contribution < 1.29 is 9.53 Å². The fraction of sp³-hybridized carbons (Fsp3) is 0.429. The number of nitrogens with zero attached hydrogens (tertiary/aromatic N) is 4. The zero-order chi connectivity index (χ0) is 18.6. The molecule has 6 nitrogen and oxygen atoms in total. The molecule has 0 amide bonds. The summed E-state index contributed by atoms with van der Waals surface area (Å²) in [4.78, 5) is 20.4. The first-order valence-corrected chi connectivity index (χ1v) is 9.62. The molecular weight excluding hydrogens is 340 g/mol. The molecule has 1 aliphatic carbocycles. The van der Waals surface area contributed by atoms with E-state index in [2.05, 4.69) is 28.1 Å². The Bertz CT molecular complexity index is 923. The first-order chi connectivity index (χ1) is 13.2. The molecule has 6 heteroatoms. The van der Waals surface area contributed by atoms with Crippen LogP contribution in [-0.4, -0.2) is 32.0 Å². The second-order valence-corrected chi connectivity index (χ2v) is 7.10. The molecule has 0 unspecified atom stereocenters. The molecule has 0 aromatic carbocycles. The molecule has 1 fully saturated rings. The summed E-state index contributed by atoms with van der Waals surface area (Å²) in [5.41, 5.74) is 4.37. The fourth-order valence-corrected chi connectivity index (χ4v) is 3.63. The topological polar surface area (TPSA) is 69.4 Å². The number of hydrogen-bond acceptors (Lipinski definition) is 5. The first-order valence-electron chi connectivity index (χ1n) is 9.62.